The third-order valence-electron chi connectivity index (χ3n) is 4.23. The molecule has 1 aliphatic rings. The molecule has 0 aliphatic carbocycles. The van der Waals surface area contributed by atoms with Gasteiger partial charge in [0, 0.05) is 16.9 Å². The predicted octanol–water partition coefficient (Wildman–Crippen LogP) is 3.56. The van der Waals surface area contributed by atoms with Gasteiger partial charge in [-0.2, -0.15) is 0 Å². The fraction of sp³-hybridized carbons (Fsp3) is 0.263. The minimum absolute atomic E-state index is 0.0258. The summed E-state index contributed by atoms with van der Waals surface area (Å²) in [5.74, 6) is -0.162. The van der Waals surface area contributed by atoms with Gasteiger partial charge >= 0.3 is 0 Å². The lowest BCUT2D eigenvalue weighted by Gasteiger charge is -2.14. The second-order valence-electron chi connectivity index (χ2n) is 5.71. The number of fused-ring (bicyclic) bond motifs is 1. The van der Waals surface area contributed by atoms with Crippen LogP contribution in [0.15, 0.2) is 36.4 Å². The topological polar surface area (TPSA) is 58.2 Å². The third-order valence-corrected chi connectivity index (χ3v) is 4.23. The maximum atomic E-state index is 12.6. The molecule has 23 heavy (non-hydrogen) atoms. The number of amides is 2. The first-order chi connectivity index (χ1) is 11.1. The van der Waals surface area contributed by atoms with E-state index in [9.17, 15) is 9.59 Å². The van der Waals surface area contributed by atoms with Crippen LogP contribution in [0.4, 0.5) is 11.4 Å². The van der Waals surface area contributed by atoms with Crippen molar-refractivity contribution in [1.82, 2.24) is 0 Å². The summed E-state index contributed by atoms with van der Waals surface area (Å²) in [5.41, 5.74) is 5.44. The third kappa shape index (κ3) is 2.97. The van der Waals surface area contributed by atoms with E-state index in [1.165, 1.54) is 0 Å². The Kier molecular flexibility index (Phi) is 4.15. The van der Waals surface area contributed by atoms with Crippen molar-refractivity contribution in [2.45, 2.75) is 33.1 Å². The Hall–Kier alpha value is -2.62. The van der Waals surface area contributed by atoms with Gasteiger partial charge in [0.25, 0.3) is 5.91 Å². The van der Waals surface area contributed by atoms with Gasteiger partial charge in [0.05, 0.1) is 6.42 Å². The van der Waals surface area contributed by atoms with Gasteiger partial charge in [-0.25, -0.2) is 0 Å². The molecule has 3 rings (SSSR count). The minimum atomic E-state index is -0.136. The second kappa shape index (κ2) is 6.24. The van der Waals surface area contributed by atoms with E-state index in [1.54, 1.807) is 18.2 Å². The molecule has 1 aliphatic heterocycles. The number of nitrogens with one attached hydrogen (secondary N) is 2. The normalized spacial score (nSPS) is 12.7. The van der Waals surface area contributed by atoms with Crippen molar-refractivity contribution in [3.8, 4) is 0 Å². The molecule has 0 aromatic heterocycles. The molecule has 4 nitrogen and oxygen atoms in total. The van der Waals surface area contributed by atoms with E-state index in [2.05, 4.69) is 24.5 Å². The molecule has 0 spiro atoms. The van der Waals surface area contributed by atoms with Gasteiger partial charge in [-0.15, -0.1) is 0 Å². The summed E-state index contributed by atoms with van der Waals surface area (Å²) in [6, 6.07) is 11.4. The zero-order chi connectivity index (χ0) is 16.4. The Labute approximate surface area is 135 Å². The highest BCUT2D eigenvalue weighted by Crippen LogP contribution is 2.26. The molecule has 1 heterocycles. The number of rotatable bonds is 4. The fourth-order valence-electron chi connectivity index (χ4n) is 2.96. The van der Waals surface area contributed by atoms with Gasteiger partial charge in [0.1, 0.15) is 0 Å². The molecule has 0 bridgehead atoms. The molecule has 2 N–H and O–H groups in total. The predicted molar refractivity (Wildman–Crippen MR) is 91.9 cm³/mol. The van der Waals surface area contributed by atoms with Crippen LogP contribution in [0.5, 0.6) is 0 Å². The molecule has 0 atom stereocenters. The minimum Gasteiger partial charge on any atom is -0.326 e. The van der Waals surface area contributed by atoms with E-state index < -0.39 is 0 Å². The summed E-state index contributed by atoms with van der Waals surface area (Å²) in [6.45, 7) is 4.16. The summed E-state index contributed by atoms with van der Waals surface area (Å²) in [4.78, 5) is 24.0. The van der Waals surface area contributed by atoms with Crippen molar-refractivity contribution < 1.29 is 9.59 Å². The number of hydrogen-bond donors (Lipinski definition) is 2. The van der Waals surface area contributed by atoms with Crippen molar-refractivity contribution in [1.29, 1.82) is 0 Å². The van der Waals surface area contributed by atoms with Crippen LogP contribution >= 0.6 is 0 Å². The van der Waals surface area contributed by atoms with E-state index in [1.807, 2.05) is 18.2 Å². The molecule has 0 saturated carbocycles. The molecule has 0 radical (unpaired) electrons. The van der Waals surface area contributed by atoms with E-state index in [-0.39, 0.29) is 11.8 Å². The van der Waals surface area contributed by atoms with E-state index in [0.717, 1.165) is 40.9 Å². The summed E-state index contributed by atoms with van der Waals surface area (Å²) in [6.07, 6.45) is 2.07. The van der Waals surface area contributed by atoms with Crippen molar-refractivity contribution in [2.24, 2.45) is 0 Å². The van der Waals surface area contributed by atoms with Crippen LogP contribution in [0.3, 0.4) is 0 Å². The van der Waals surface area contributed by atoms with Crippen LogP contribution < -0.4 is 10.6 Å². The van der Waals surface area contributed by atoms with Gasteiger partial charge in [0.15, 0.2) is 0 Å². The number of anilines is 2. The lowest BCUT2D eigenvalue weighted by molar-refractivity contribution is -0.115. The first kappa shape index (κ1) is 15.3. The first-order valence-corrected chi connectivity index (χ1v) is 7.97. The van der Waals surface area contributed by atoms with Crippen LogP contribution in [0.1, 0.15) is 40.9 Å². The molecule has 0 saturated heterocycles. The molecule has 0 unspecified atom stereocenters. The largest absolute Gasteiger partial charge is 0.326 e. The van der Waals surface area contributed by atoms with Gasteiger partial charge < -0.3 is 10.6 Å². The van der Waals surface area contributed by atoms with Crippen LogP contribution in [0, 0.1) is 0 Å². The average molecular weight is 308 g/mol. The van der Waals surface area contributed by atoms with E-state index >= 15 is 0 Å². The van der Waals surface area contributed by atoms with Crippen molar-refractivity contribution in [2.75, 3.05) is 10.6 Å². The molecule has 2 amide bonds. The van der Waals surface area contributed by atoms with Gasteiger partial charge in [-0.3, -0.25) is 9.59 Å². The zero-order valence-electron chi connectivity index (χ0n) is 13.4. The van der Waals surface area contributed by atoms with Crippen LogP contribution in [0.2, 0.25) is 0 Å². The monoisotopic (exact) mass is 308 g/mol. The standard InChI is InChI=1S/C19H20N2O2/c1-3-12-6-5-7-13(4-2)18(12)21-19(23)14-8-9-16-15(10-14)11-17(22)20-16/h5-10H,3-4,11H2,1-2H3,(H,20,22)(H,21,23). The number of para-hydroxylation sites is 1. The lowest BCUT2D eigenvalue weighted by atomic mass is 10.0. The molecule has 2 aromatic rings. The Balaban J connectivity index is 1.89. The van der Waals surface area contributed by atoms with Crippen LogP contribution in [0.25, 0.3) is 0 Å². The SMILES string of the molecule is CCc1cccc(CC)c1NC(=O)c1ccc2c(c1)CC(=O)N2. The molecular formula is C19H20N2O2. The summed E-state index contributed by atoms with van der Waals surface area (Å²) >= 11 is 0. The van der Waals surface area contributed by atoms with Crippen LogP contribution in [-0.4, -0.2) is 11.8 Å². The van der Waals surface area contributed by atoms with Gasteiger partial charge in [-0.1, -0.05) is 32.0 Å². The number of benzene rings is 2. The quantitative estimate of drug-likeness (QED) is 0.907. The Morgan fingerprint density at radius 2 is 1.83 bits per heavy atom. The maximum absolute atomic E-state index is 12.6. The molecule has 0 fully saturated rings. The number of carbonyl (C=O) groups is 2. The highest BCUT2D eigenvalue weighted by molar-refractivity contribution is 6.07. The fourth-order valence-corrected chi connectivity index (χ4v) is 2.96. The second-order valence-corrected chi connectivity index (χ2v) is 5.71. The summed E-state index contributed by atoms with van der Waals surface area (Å²) < 4.78 is 0. The van der Waals surface area contributed by atoms with Crippen molar-refractivity contribution in [3.05, 3.63) is 58.7 Å². The zero-order valence-corrected chi connectivity index (χ0v) is 13.4. The van der Waals surface area contributed by atoms with Crippen LogP contribution in [-0.2, 0) is 24.1 Å². The average Bonchev–Trinajstić information content (AvgIpc) is 2.93. The Morgan fingerprint density at radius 1 is 1.13 bits per heavy atom. The number of carbonyl (C=O) groups excluding carboxylic acids is 2. The summed E-state index contributed by atoms with van der Waals surface area (Å²) in [7, 11) is 0. The molecular weight excluding hydrogens is 288 g/mol. The summed E-state index contributed by atoms with van der Waals surface area (Å²) in [5, 5.41) is 5.83. The molecule has 4 heteroatoms. The lowest BCUT2D eigenvalue weighted by Crippen LogP contribution is -2.15. The highest BCUT2D eigenvalue weighted by Gasteiger charge is 2.19. The Bertz CT molecular complexity index is 759. The highest BCUT2D eigenvalue weighted by atomic mass is 16.2. The Morgan fingerprint density at radius 3 is 2.48 bits per heavy atom. The first-order valence-electron chi connectivity index (χ1n) is 7.97. The van der Waals surface area contributed by atoms with Crippen molar-refractivity contribution in [3.63, 3.8) is 0 Å². The maximum Gasteiger partial charge on any atom is 0.255 e. The van der Waals surface area contributed by atoms with Crippen molar-refractivity contribution >= 4 is 23.2 Å². The van der Waals surface area contributed by atoms with E-state index in [0.29, 0.717) is 12.0 Å². The molecule has 118 valence electrons. The smallest absolute Gasteiger partial charge is 0.255 e. The van der Waals surface area contributed by atoms with E-state index in [4.69, 9.17) is 0 Å². The number of aryl methyl sites for hydroxylation is 2. The van der Waals surface area contributed by atoms with Gasteiger partial charge in [0.2, 0.25) is 5.91 Å². The molecule has 2 aromatic carbocycles. The number of hydrogen-bond acceptors (Lipinski definition) is 2. The van der Waals surface area contributed by atoms with Gasteiger partial charge in [-0.05, 0) is 47.7 Å².